The van der Waals surface area contributed by atoms with Gasteiger partial charge in [-0.25, -0.2) is 4.79 Å². The van der Waals surface area contributed by atoms with Crippen molar-refractivity contribution in [3.8, 4) is 0 Å². The van der Waals surface area contributed by atoms with Crippen molar-refractivity contribution in [3.63, 3.8) is 0 Å². The Labute approximate surface area is 124 Å². The van der Waals surface area contributed by atoms with Gasteiger partial charge in [-0.1, -0.05) is 15.9 Å². The summed E-state index contributed by atoms with van der Waals surface area (Å²) in [7, 11) is 0. The molecule has 0 saturated heterocycles. The lowest BCUT2D eigenvalue weighted by atomic mass is 10.3. The van der Waals surface area contributed by atoms with Gasteiger partial charge in [-0.15, -0.1) is 16.7 Å². The molecule has 1 rings (SSSR count). The molecular weight excluding hydrogens is 336 g/mol. The van der Waals surface area contributed by atoms with Crippen molar-refractivity contribution in [2.75, 3.05) is 12.5 Å². The number of rotatable bonds is 5. The van der Waals surface area contributed by atoms with Gasteiger partial charge in [0.25, 0.3) is 0 Å². The predicted octanol–water partition coefficient (Wildman–Crippen LogP) is 4.10. The smallest absolute Gasteiger partial charge is 0.362 e. The number of hydrogen-bond donors (Lipinski definition) is 1. The van der Waals surface area contributed by atoms with E-state index in [1.165, 1.54) is 0 Å². The highest BCUT2D eigenvalue weighted by molar-refractivity contribution is 9.10. The molecule has 0 spiro atoms. The third kappa shape index (κ3) is 5.00. The summed E-state index contributed by atoms with van der Waals surface area (Å²) in [6.07, 6.45) is 0. The highest BCUT2D eigenvalue weighted by Crippen LogP contribution is 2.19. The van der Waals surface area contributed by atoms with Gasteiger partial charge < -0.3 is 9.84 Å². The quantitative estimate of drug-likeness (QED) is 0.286. The molecule has 0 aliphatic carbocycles. The molecule has 0 aliphatic rings. The van der Waals surface area contributed by atoms with Gasteiger partial charge in [0, 0.05) is 4.47 Å². The fourth-order valence-corrected chi connectivity index (χ4v) is 1.49. The highest BCUT2D eigenvalue weighted by Gasteiger charge is 2.15. The number of aliphatic hydroxyl groups excluding tert-OH is 1. The fourth-order valence-electron chi connectivity index (χ4n) is 1.09. The van der Waals surface area contributed by atoms with Crippen LogP contribution in [0.25, 0.3) is 0 Å². The summed E-state index contributed by atoms with van der Waals surface area (Å²) in [6, 6.07) is 6.97. The zero-order valence-electron chi connectivity index (χ0n) is 10.1. The molecule has 1 N–H and O–H groups in total. The van der Waals surface area contributed by atoms with E-state index < -0.39 is 5.97 Å². The van der Waals surface area contributed by atoms with E-state index in [0.717, 1.165) is 4.47 Å². The van der Waals surface area contributed by atoms with Gasteiger partial charge in [-0.3, -0.25) is 0 Å². The van der Waals surface area contributed by atoms with Crippen molar-refractivity contribution < 1.29 is 14.6 Å². The number of allylic oxidation sites excluding steroid dienone is 1. The molecule has 0 amide bonds. The van der Waals surface area contributed by atoms with Crippen LogP contribution in [0.15, 0.2) is 50.4 Å². The Hall–Kier alpha value is -1.40. The second-order valence-electron chi connectivity index (χ2n) is 3.33. The molecule has 0 radical (unpaired) electrons. The first-order chi connectivity index (χ1) is 9.08. The van der Waals surface area contributed by atoms with E-state index in [-0.39, 0.29) is 23.9 Å². The summed E-state index contributed by atoms with van der Waals surface area (Å²) < 4.78 is 5.66. The maximum Gasteiger partial charge on any atom is 0.362 e. The normalized spacial score (nSPS) is 12.4. The minimum atomic E-state index is -0.762. The number of carbonyl (C=O) groups excluding carboxylic acids is 1. The molecule has 102 valence electrons. The van der Waals surface area contributed by atoms with Crippen molar-refractivity contribution in [1.29, 1.82) is 0 Å². The van der Waals surface area contributed by atoms with E-state index in [0.29, 0.717) is 5.69 Å². The van der Waals surface area contributed by atoms with Crippen LogP contribution in [-0.2, 0) is 9.53 Å². The highest BCUT2D eigenvalue weighted by atomic mass is 79.9. The van der Waals surface area contributed by atoms with Crippen molar-refractivity contribution in [3.05, 3.63) is 40.2 Å². The number of esters is 1. The molecule has 0 fully saturated rings. The lowest BCUT2D eigenvalue weighted by Crippen LogP contribution is -2.09. The summed E-state index contributed by atoms with van der Waals surface area (Å²) in [4.78, 5) is 11.6. The van der Waals surface area contributed by atoms with E-state index in [1.54, 1.807) is 31.2 Å². The number of aliphatic hydroxyl groups is 1. The van der Waals surface area contributed by atoms with Crippen LogP contribution < -0.4 is 0 Å². The summed E-state index contributed by atoms with van der Waals surface area (Å²) in [5.74, 6) is -1.38. The molecule has 0 atom stereocenters. The zero-order chi connectivity index (χ0) is 14.3. The van der Waals surface area contributed by atoms with Crippen LogP contribution in [0.2, 0.25) is 0 Å². The van der Waals surface area contributed by atoms with Crippen LogP contribution in [0.5, 0.6) is 0 Å². The van der Waals surface area contributed by atoms with Crippen molar-refractivity contribution in [1.82, 2.24) is 0 Å². The summed E-state index contributed by atoms with van der Waals surface area (Å²) >= 11 is 8.76. The average Bonchev–Trinajstić information content (AvgIpc) is 2.41. The molecular formula is C12H12BrClN2O3. The van der Waals surface area contributed by atoms with E-state index in [2.05, 4.69) is 26.2 Å². The van der Waals surface area contributed by atoms with Gasteiger partial charge in [-0.2, -0.15) is 5.11 Å². The van der Waals surface area contributed by atoms with Crippen LogP contribution in [0.3, 0.4) is 0 Å². The molecule has 1 aromatic carbocycles. The Morgan fingerprint density at radius 1 is 1.42 bits per heavy atom. The number of ether oxygens (including phenoxy) is 1. The Bertz CT molecular complexity index is 500. The molecule has 0 heterocycles. The van der Waals surface area contributed by atoms with Gasteiger partial charge in [-0.05, 0) is 31.2 Å². The third-order valence-corrected chi connectivity index (χ3v) is 2.74. The number of azo groups is 1. The van der Waals surface area contributed by atoms with Crippen LogP contribution in [0.1, 0.15) is 6.92 Å². The Morgan fingerprint density at radius 3 is 2.58 bits per heavy atom. The topological polar surface area (TPSA) is 71.2 Å². The Morgan fingerprint density at radius 2 is 2.05 bits per heavy atom. The second kappa shape index (κ2) is 7.91. The van der Waals surface area contributed by atoms with E-state index >= 15 is 0 Å². The fraction of sp³-hybridized carbons (Fsp3) is 0.250. The number of hydrogen-bond acceptors (Lipinski definition) is 5. The number of alkyl halides is 1. The van der Waals surface area contributed by atoms with Crippen LogP contribution >= 0.6 is 27.5 Å². The number of carbonyl (C=O) groups is 1. The molecule has 0 unspecified atom stereocenters. The summed E-state index contributed by atoms with van der Waals surface area (Å²) in [5.41, 5.74) is 0.243. The first kappa shape index (κ1) is 15.7. The minimum absolute atomic E-state index is 0.172. The van der Waals surface area contributed by atoms with Gasteiger partial charge in [0.2, 0.25) is 5.70 Å². The zero-order valence-corrected chi connectivity index (χ0v) is 12.5. The van der Waals surface area contributed by atoms with Gasteiger partial charge in [0.15, 0.2) is 0 Å². The van der Waals surface area contributed by atoms with E-state index in [4.69, 9.17) is 16.3 Å². The number of halogens is 2. The van der Waals surface area contributed by atoms with Gasteiger partial charge in [0.05, 0.1) is 18.2 Å². The maximum atomic E-state index is 11.6. The average molecular weight is 348 g/mol. The van der Waals surface area contributed by atoms with Crippen LogP contribution in [0.4, 0.5) is 5.69 Å². The molecule has 0 aliphatic heterocycles. The number of nitrogens with zero attached hydrogens (tertiary/aromatic N) is 2. The SMILES string of the molecule is CCOC(=O)/C(N=Nc1ccc(Br)cc1)=C(\O)CCl. The van der Waals surface area contributed by atoms with Gasteiger partial charge >= 0.3 is 5.97 Å². The third-order valence-electron chi connectivity index (χ3n) is 1.96. The first-order valence-corrected chi connectivity index (χ1v) is 6.73. The second-order valence-corrected chi connectivity index (χ2v) is 4.51. The minimum Gasteiger partial charge on any atom is -0.508 e. The molecule has 0 aromatic heterocycles. The van der Waals surface area contributed by atoms with Crippen molar-refractivity contribution >= 4 is 39.2 Å². The van der Waals surface area contributed by atoms with Crippen molar-refractivity contribution in [2.24, 2.45) is 10.2 Å². The lowest BCUT2D eigenvalue weighted by Gasteiger charge is -2.03. The van der Waals surface area contributed by atoms with E-state index in [1.807, 2.05) is 0 Å². The Kier molecular flexibility index (Phi) is 6.52. The monoisotopic (exact) mass is 346 g/mol. The van der Waals surface area contributed by atoms with E-state index in [9.17, 15) is 9.90 Å². The molecule has 7 heteroatoms. The molecule has 19 heavy (non-hydrogen) atoms. The van der Waals surface area contributed by atoms with Crippen molar-refractivity contribution in [2.45, 2.75) is 6.92 Å². The molecule has 0 bridgehead atoms. The first-order valence-electron chi connectivity index (χ1n) is 5.41. The van der Waals surface area contributed by atoms with Crippen LogP contribution in [0, 0.1) is 0 Å². The molecule has 1 aromatic rings. The standard InChI is InChI=1S/C12H12BrClN2O3/c1-2-19-12(18)11(10(17)7-14)16-15-9-5-3-8(13)4-6-9/h3-6,17H,2,7H2,1H3/b11-10+,16-15?. The van der Waals surface area contributed by atoms with Crippen LogP contribution in [-0.4, -0.2) is 23.6 Å². The lowest BCUT2D eigenvalue weighted by molar-refractivity contribution is -0.138. The molecule has 5 nitrogen and oxygen atoms in total. The number of benzene rings is 1. The molecule has 0 saturated carbocycles. The van der Waals surface area contributed by atoms with Gasteiger partial charge in [0.1, 0.15) is 5.76 Å². The predicted molar refractivity (Wildman–Crippen MR) is 75.7 cm³/mol. The summed E-state index contributed by atoms with van der Waals surface area (Å²) in [6.45, 7) is 1.82. The largest absolute Gasteiger partial charge is 0.508 e. The maximum absolute atomic E-state index is 11.6. The Balaban J connectivity index is 2.95. The summed E-state index contributed by atoms with van der Waals surface area (Å²) in [5, 5.41) is 17.1.